The summed E-state index contributed by atoms with van der Waals surface area (Å²) in [5, 5.41) is 5.28. The van der Waals surface area contributed by atoms with Crippen molar-refractivity contribution in [2.24, 2.45) is 7.05 Å². The molecule has 0 saturated carbocycles. The largest absolute Gasteiger partial charge is 0.461 e. The van der Waals surface area contributed by atoms with Crippen molar-refractivity contribution in [3.63, 3.8) is 0 Å². The van der Waals surface area contributed by atoms with Gasteiger partial charge in [0.25, 0.3) is 0 Å². The Morgan fingerprint density at radius 3 is 2.56 bits per heavy atom. The first-order valence-corrected chi connectivity index (χ1v) is 17.2. The molecule has 2 bridgehead atoms. The van der Waals surface area contributed by atoms with Gasteiger partial charge in [0.1, 0.15) is 29.6 Å². The van der Waals surface area contributed by atoms with E-state index in [2.05, 4.69) is 24.8 Å². The van der Waals surface area contributed by atoms with Crippen LogP contribution in [-0.4, -0.2) is 106 Å². The highest BCUT2D eigenvalue weighted by molar-refractivity contribution is 6.16. The molecule has 15 heteroatoms. The second-order valence-electron chi connectivity index (χ2n) is 14.5. The lowest BCUT2D eigenvalue weighted by Gasteiger charge is -2.41. The molecule has 4 aromatic rings. The van der Waals surface area contributed by atoms with E-state index >= 15 is 4.39 Å². The summed E-state index contributed by atoms with van der Waals surface area (Å²) in [5.74, 6) is -0.533. The van der Waals surface area contributed by atoms with Gasteiger partial charge >= 0.3 is 12.2 Å². The molecular formula is C35H41F5N8O2. The second-order valence-corrected chi connectivity index (χ2v) is 14.5. The van der Waals surface area contributed by atoms with Crippen LogP contribution in [0.15, 0.2) is 18.3 Å². The van der Waals surface area contributed by atoms with Crippen molar-refractivity contribution in [3.05, 3.63) is 35.3 Å². The van der Waals surface area contributed by atoms with E-state index in [9.17, 15) is 17.6 Å². The number of nitrogens with two attached hydrogens (primary N) is 1. The first-order valence-electron chi connectivity index (χ1n) is 17.2. The van der Waals surface area contributed by atoms with Gasteiger partial charge in [0, 0.05) is 87.2 Å². The van der Waals surface area contributed by atoms with Crippen molar-refractivity contribution >= 4 is 33.3 Å². The number of alkyl halides is 4. The molecule has 50 heavy (non-hydrogen) atoms. The Balaban J connectivity index is 1.32. The number of benzene rings is 2. The summed E-state index contributed by atoms with van der Waals surface area (Å²) in [4.78, 5) is 16.2. The molecule has 0 amide bonds. The zero-order valence-corrected chi connectivity index (χ0v) is 28.4. The van der Waals surface area contributed by atoms with E-state index in [1.165, 1.54) is 17.7 Å². The molecule has 4 saturated heterocycles. The SMILES string of the molecule is COCCN1C2CCC1CN(c1nc(OC[C@@]34CCCN3C[C@H](F)C4)nc3c(F)c(-c4cc(N)cc(C)c4C(F)(F)F)c4nn(C)cc4c13)C2. The van der Waals surface area contributed by atoms with Crippen molar-refractivity contribution in [1.29, 1.82) is 0 Å². The summed E-state index contributed by atoms with van der Waals surface area (Å²) in [7, 11) is 3.32. The molecule has 4 aliphatic heterocycles. The maximum Gasteiger partial charge on any atom is 0.417 e. The maximum absolute atomic E-state index is 17.3. The molecule has 2 N–H and O–H groups in total. The molecule has 4 aliphatic rings. The van der Waals surface area contributed by atoms with Gasteiger partial charge in [-0.05, 0) is 56.8 Å². The van der Waals surface area contributed by atoms with Gasteiger partial charge < -0.3 is 20.1 Å². The average molecular weight is 701 g/mol. The molecular weight excluding hydrogens is 659 g/mol. The van der Waals surface area contributed by atoms with E-state index in [-0.39, 0.29) is 52.5 Å². The number of ether oxygens (including phenoxy) is 2. The molecule has 0 aliphatic carbocycles. The van der Waals surface area contributed by atoms with Crippen LogP contribution in [0.5, 0.6) is 6.01 Å². The predicted octanol–water partition coefficient (Wildman–Crippen LogP) is 5.49. The normalized spacial score (nSPS) is 25.8. The first kappa shape index (κ1) is 33.3. The Labute approximate surface area is 286 Å². The minimum Gasteiger partial charge on any atom is -0.461 e. The lowest BCUT2D eigenvalue weighted by atomic mass is 9.91. The number of rotatable bonds is 8. The van der Waals surface area contributed by atoms with E-state index in [0.29, 0.717) is 49.3 Å². The number of aryl methyl sites for hydroxylation is 2. The van der Waals surface area contributed by atoms with Crippen molar-refractivity contribution < 1.29 is 31.4 Å². The molecule has 6 heterocycles. The number of nitrogens with zero attached hydrogens (tertiary/aromatic N) is 7. The van der Waals surface area contributed by atoms with Crippen LogP contribution < -0.4 is 15.4 Å². The topological polar surface area (TPSA) is 97.8 Å². The Morgan fingerprint density at radius 1 is 1.08 bits per heavy atom. The van der Waals surface area contributed by atoms with Gasteiger partial charge in [0.2, 0.25) is 0 Å². The molecule has 2 aromatic heterocycles. The monoisotopic (exact) mass is 700 g/mol. The highest BCUT2D eigenvalue weighted by atomic mass is 19.4. The Morgan fingerprint density at radius 2 is 1.84 bits per heavy atom. The van der Waals surface area contributed by atoms with E-state index in [4.69, 9.17) is 20.2 Å². The zero-order chi connectivity index (χ0) is 35.1. The minimum atomic E-state index is -4.80. The third kappa shape index (κ3) is 5.43. The van der Waals surface area contributed by atoms with Crippen LogP contribution in [0.25, 0.3) is 32.9 Å². The second kappa shape index (κ2) is 12.2. The van der Waals surface area contributed by atoms with Gasteiger partial charge in [0.15, 0.2) is 5.82 Å². The van der Waals surface area contributed by atoms with Gasteiger partial charge in [-0.2, -0.15) is 28.2 Å². The molecule has 2 unspecified atom stereocenters. The van der Waals surface area contributed by atoms with Crippen LogP contribution in [0.4, 0.5) is 33.5 Å². The fourth-order valence-corrected chi connectivity index (χ4v) is 9.21. The number of hydrogen-bond donors (Lipinski definition) is 1. The highest BCUT2D eigenvalue weighted by Crippen LogP contribution is 2.47. The van der Waals surface area contributed by atoms with Crippen molar-refractivity contribution in [2.75, 3.05) is 63.7 Å². The Hall–Kier alpha value is -3.82. The van der Waals surface area contributed by atoms with E-state index in [1.54, 1.807) is 20.4 Å². The third-order valence-corrected chi connectivity index (χ3v) is 11.3. The van der Waals surface area contributed by atoms with Crippen LogP contribution in [0.3, 0.4) is 0 Å². The lowest BCUT2D eigenvalue weighted by Crippen LogP contribution is -2.54. The number of nitrogen functional groups attached to an aromatic ring is 1. The molecule has 10 nitrogen and oxygen atoms in total. The molecule has 268 valence electrons. The van der Waals surface area contributed by atoms with E-state index in [1.807, 2.05) is 0 Å². The Kier molecular flexibility index (Phi) is 8.10. The molecule has 4 atom stereocenters. The average Bonchev–Trinajstić information content (AvgIpc) is 3.76. The van der Waals surface area contributed by atoms with E-state index < -0.39 is 34.8 Å². The van der Waals surface area contributed by atoms with Crippen LogP contribution in [-0.2, 0) is 18.0 Å². The van der Waals surface area contributed by atoms with Crippen LogP contribution in [0.2, 0.25) is 0 Å². The number of piperazine rings is 1. The van der Waals surface area contributed by atoms with Crippen LogP contribution in [0, 0.1) is 12.7 Å². The van der Waals surface area contributed by atoms with Crippen LogP contribution >= 0.6 is 0 Å². The van der Waals surface area contributed by atoms with E-state index in [0.717, 1.165) is 44.8 Å². The van der Waals surface area contributed by atoms with Gasteiger partial charge in [-0.25, -0.2) is 8.78 Å². The maximum atomic E-state index is 17.3. The van der Waals surface area contributed by atoms with Crippen molar-refractivity contribution in [3.8, 4) is 17.1 Å². The first-order chi connectivity index (χ1) is 23.9. The van der Waals surface area contributed by atoms with Crippen molar-refractivity contribution in [2.45, 2.75) is 69.0 Å². The van der Waals surface area contributed by atoms with Gasteiger partial charge in [-0.1, -0.05) is 0 Å². The number of halogens is 5. The summed E-state index contributed by atoms with van der Waals surface area (Å²) in [6.07, 6.45) is -0.154. The number of aromatic nitrogens is 4. The summed E-state index contributed by atoms with van der Waals surface area (Å²) < 4.78 is 89.0. The molecule has 0 radical (unpaired) electrons. The molecule has 0 spiro atoms. The number of hydrogen-bond acceptors (Lipinski definition) is 9. The lowest BCUT2D eigenvalue weighted by molar-refractivity contribution is -0.137. The molecule has 2 aromatic carbocycles. The van der Waals surface area contributed by atoms with Gasteiger partial charge in [-0.15, -0.1) is 0 Å². The minimum absolute atomic E-state index is 0.0497. The third-order valence-electron chi connectivity index (χ3n) is 11.3. The fourth-order valence-electron chi connectivity index (χ4n) is 9.21. The number of methoxy groups -OCH3 is 1. The zero-order valence-electron chi connectivity index (χ0n) is 28.4. The summed E-state index contributed by atoms with van der Waals surface area (Å²) in [6, 6.07) is 2.69. The highest BCUT2D eigenvalue weighted by Gasteiger charge is 2.49. The number of anilines is 2. The Bertz CT molecular complexity index is 1960. The molecule has 8 rings (SSSR count). The van der Waals surface area contributed by atoms with Crippen LogP contribution in [0.1, 0.15) is 43.2 Å². The summed E-state index contributed by atoms with van der Waals surface area (Å²) in [5.41, 5.74) is 3.64. The standard InChI is InChI=1S/C35H41F5N8O2/c1-19-11-21(41)12-24(28(19)35(38,39)40)26-29(37)31-27(25-17-45(2)44-30(25)26)32(46-15-22-5-6-23(16-46)48(22)9-10-49-3)43-33(42-31)50-18-34-7-4-8-47(34)14-20(36)13-34/h11-12,17,20,22-23H,4-10,13-16,18,41H2,1-3H3/t20-,22?,23?,34+/m1/s1. The van der Waals surface area contributed by atoms with Gasteiger partial charge in [-0.3, -0.25) is 14.5 Å². The number of fused-ring (bicyclic) bond motifs is 6. The predicted molar refractivity (Wildman–Crippen MR) is 180 cm³/mol. The van der Waals surface area contributed by atoms with Crippen molar-refractivity contribution in [1.82, 2.24) is 29.5 Å². The summed E-state index contributed by atoms with van der Waals surface area (Å²) >= 11 is 0. The smallest absolute Gasteiger partial charge is 0.417 e. The summed E-state index contributed by atoms with van der Waals surface area (Å²) in [6.45, 7) is 5.12. The van der Waals surface area contributed by atoms with Gasteiger partial charge in [0.05, 0.1) is 23.1 Å². The quantitative estimate of drug-likeness (QED) is 0.189. The fraction of sp³-hybridized carbons (Fsp3) is 0.571. The molecule has 4 fully saturated rings.